The summed E-state index contributed by atoms with van der Waals surface area (Å²) in [5, 5.41) is 4.57. The lowest BCUT2D eigenvalue weighted by Crippen LogP contribution is -2.53. The highest BCUT2D eigenvalue weighted by Crippen LogP contribution is 2.15. The molecule has 6 nitrogen and oxygen atoms in total. The highest BCUT2D eigenvalue weighted by Gasteiger charge is 2.26. The molecule has 0 saturated carbocycles. The molecule has 0 N–H and O–H groups in total. The second-order valence-corrected chi connectivity index (χ2v) is 7.79. The minimum Gasteiger partial charge on any atom is -0.374 e. The number of morpholine rings is 1. The molecule has 0 aliphatic carbocycles. The van der Waals surface area contributed by atoms with Crippen LogP contribution in [0.15, 0.2) is 6.20 Å². The Morgan fingerprint density at radius 2 is 1.88 bits per heavy atom. The lowest BCUT2D eigenvalue weighted by atomic mass is 10.1. The van der Waals surface area contributed by atoms with E-state index in [9.17, 15) is 0 Å². The Kier molecular flexibility index (Phi) is 6.49. The van der Waals surface area contributed by atoms with Gasteiger partial charge < -0.3 is 4.74 Å². The van der Waals surface area contributed by atoms with Crippen molar-refractivity contribution in [3.63, 3.8) is 0 Å². The number of aromatic nitrogens is 2. The van der Waals surface area contributed by atoms with Crippen LogP contribution in [0.4, 0.5) is 0 Å². The average molecular weight is 350 g/mol. The molecule has 3 heterocycles. The number of piperazine rings is 1. The Morgan fingerprint density at radius 1 is 1.16 bits per heavy atom. The summed E-state index contributed by atoms with van der Waals surface area (Å²) in [6.45, 7) is 16.5. The normalized spacial score (nSPS) is 24.3. The van der Waals surface area contributed by atoms with Gasteiger partial charge in [0.2, 0.25) is 0 Å². The van der Waals surface area contributed by atoms with Crippen molar-refractivity contribution >= 4 is 0 Å². The molecule has 6 heteroatoms. The topological polar surface area (TPSA) is 36.8 Å². The largest absolute Gasteiger partial charge is 0.374 e. The minimum atomic E-state index is 0.368. The van der Waals surface area contributed by atoms with Gasteiger partial charge >= 0.3 is 0 Å². The third kappa shape index (κ3) is 5.03. The van der Waals surface area contributed by atoms with Gasteiger partial charge in [-0.3, -0.25) is 19.4 Å². The van der Waals surface area contributed by atoms with Crippen LogP contribution in [0, 0.1) is 0 Å². The molecule has 2 fully saturated rings. The molecule has 0 spiro atoms. The van der Waals surface area contributed by atoms with Crippen LogP contribution in [0.3, 0.4) is 0 Å². The third-order valence-corrected chi connectivity index (χ3v) is 5.55. The van der Waals surface area contributed by atoms with E-state index in [1.807, 2.05) is 11.7 Å². The van der Waals surface area contributed by atoms with Crippen LogP contribution >= 0.6 is 0 Å². The maximum Gasteiger partial charge on any atom is 0.0829 e. The van der Waals surface area contributed by atoms with Gasteiger partial charge in [-0.1, -0.05) is 6.92 Å². The van der Waals surface area contributed by atoms with Gasteiger partial charge in [-0.25, -0.2) is 0 Å². The first-order chi connectivity index (χ1) is 12.0. The number of ether oxygens (including phenoxy) is 1. The second-order valence-electron chi connectivity index (χ2n) is 7.79. The molecular weight excluding hydrogens is 314 g/mol. The maximum absolute atomic E-state index is 6.01. The minimum absolute atomic E-state index is 0.368. The highest BCUT2D eigenvalue weighted by atomic mass is 16.5. The van der Waals surface area contributed by atoms with Crippen molar-refractivity contribution in [1.29, 1.82) is 0 Å². The molecule has 2 aliphatic rings. The van der Waals surface area contributed by atoms with Crippen LogP contribution in [-0.4, -0.2) is 89.0 Å². The number of hydrogen-bond acceptors (Lipinski definition) is 5. The summed E-state index contributed by atoms with van der Waals surface area (Å²) in [6.07, 6.45) is 3.57. The molecule has 1 aromatic heterocycles. The number of nitrogens with zero attached hydrogens (tertiary/aromatic N) is 5. The monoisotopic (exact) mass is 349 g/mol. The molecule has 25 heavy (non-hydrogen) atoms. The first kappa shape index (κ1) is 18.8. The first-order valence-electron chi connectivity index (χ1n) is 9.87. The van der Waals surface area contributed by atoms with E-state index in [2.05, 4.69) is 46.8 Å². The van der Waals surface area contributed by atoms with Gasteiger partial charge in [0.05, 0.1) is 18.4 Å². The molecule has 2 saturated heterocycles. The molecule has 2 aliphatic heterocycles. The predicted octanol–water partition coefficient (Wildman–Crippen LogP) is 1.21. The van der Waals surface area contributed by atoms with E-state index in [0.717, 1.165) is 65.4 Å². The van der Waals surface area contributed by atoms with E-state index in [-0.39, 0.29) is 0 Å². The summed E-state index contributed by atoms with van der Waals surface area (Å²) in [7, 11) is 2.02. The molecule has 0 amide bonds. The van der Waals surface area contributed by atoms with Gasteiger partial charge in [0.15, 0.2) is 0 Å². The molecular formula is C19H35N5O. The van der Waals surface area contributed by atoms with E-state index < -0.39 is 0 Å². The van der Waals surface area contributed by atoms with Gasteiger partial charge in [0.1, 0.15) is 0 Å². The van der Waals surface area contributed by atoms with E-state index in [1.54, 1.807) is 0 Å². The van der Waals surface area contributed by atoms with Crippen molar-refractivity contribution in [1.82, 2.24) is 24.5 Å². The van der Waals surface area contributed by atoms with Crippen LogP contribution < -0.4 is 0 Å². The molecule has 0 aromatic carbocycles. The van der Waals surface area contributed by atoms with Crippen LogP contribution in [-0.2, 0) is 24.8 Å². The molecule has 0 bridgehead atoms. The van der Waals surface area contributed by atoms with Crippen molar-refractivity contribution < 1.29 is 4.74 Å². The fourth-order valence-electron chi connectivity index (χ4n) is 3.99. The fourth-order valence-corrected chi connectivity index (χ4v) is 3.99. The zero-order chi connectivity index (χ0) is 17.8. The van der Waals surface area contributed by atoms with Crippen molar-refractivity contribution in [3.05, 3.63) is 17.5 Å². The van der Waals surface area contributed by atoms with Gasteiger partial charge in [-0.15, -0.1) is 0 Å². The standard InChI is InChI=1S/C19H35N5O/c1-5-19-17(12-21(4)20-19)13-22-6-8-23(9-7-22)14-18-15-24(16(2)3)10-11-25-18/h12,16,18H,5-11,13-15H2,1-4H3/t18-/m0/s1. The quantitative estimate of drug-likeness (QED) is 0.772. The van der Waals surface area contributed by atoms with Crippen molar-refractivity contribution in [3.8, 4) is 0 Å². The smallest absolute Gasteiger partial charge is 0.0829 e. The van der Waals surface area contributed by atoms with Crippen LogP contribution in [0.5, 0.6) is 0 Å². The van der Waals surface area contributed by atoms with Gasteiger partial charge in [0, 0.05) is 77.2 Å². The van der Waals surface area contributed by atoms with Crippen LogP contribution in [0.1, 0.15) is 32.0 Å². The Morgan fingerprint density at radius 3 is 2.56 bits per heavy atom. The Hall–Kier alpha value is -0.950. The second kappa shape index (κ2) is 8.62. The molecule has 142 valence electrons. The lowest BCUT2D eigenvalue weighted by molar-refractivity contribution is -0.0565. The summed E-state index contributed by atoms with van der Waals surface area (Å²) in [4.78, 5) is 7.68. The summed E-state index contributed by atoms with van der Waals surface area (Å²) < 4.78 is 7.96. The summed E-state index contributed by atoms with van der Waals surface area (Å²) in [6, 6.07) is 0.621. The molecule has 0 radical (unpaired) electrons. The zero-order valence-corrected chi connectivity index (χ0v) is 16.4. The average Bonchev–Trinajstić information content (AvgIpc) is 2.96. The Balaban J connectivity index is 1.44. The Labute approximate surface area is 152 Å². The first-order valence-corrected chi connectivity index (χ1v) is 9.87. The highest BCUT2D eigenvalue weighted by molar-refractivity contribution is 5.17. The molecule has 1 aromatic rings. The number of rotatable bonds is 6. The number of hydrogen-bond donors (Lipinski definition) is 0. The van der Waals surface area contributed by atoms with Gasteiger partial charge in [-0.2, -0.15) is 5.10 Å². The third-order valence-electron chi connectivity index (χ3n) is 5.55. The van der Waals surface area contributed by atoms with Crippen molar-refractivity contribution in [2.75, 3.05) is 52.4 Å². The number of aryl methyl sites for hydroxylation is 2. The van der Waals surface area contributed by atoms with Crippen LogP contribution in [0.2, 0.25) is 0 Å². The zero-order valence-electron chi connectivity index (χ0n) is 16.4. The SMILES string of the molecule is CCc1nn(C)cc1CN1CCN(C[C@H]2CN(C(C)C)CCO2)CC1. The molecule has 1 atom stereocenters. The Bertz CT molecular complexity index is 536. The summed E-state index contributed by atoms with van der Waals surface area (Å²) >= 11 is 0. The van der Waals surface area contributed by atoms with Gasteiger partial charge in [-0.05, 0) is 20.3 Å². The van der Waals surface area contributed by atoms with Crippen LogP contribution in [0.25, 0.3) is 0 Å². The van der Waals surface area contributed by atoms with Gasteiger partial charge in [0.25, 0.3) is 0 Å². The van der Waals surface area contributed by atoms with E-state index in [4.69, 9.17) is 4.74 Å². The van der Waals surface area contributed by atoms with Crippen molar-refractivity contribution in [2.45, 2.75) is 45.9 Å². The van der Waals surface area contributed by atoms with E-state index in [0.29, 0.717) is 12.1 Å². The van der Waals surface area contributed by atoms with Crippen molar-refractivity contribution in [2.24, 2.45) is 7.05 Å². The fraction of sp³-hybridized carbons (Fsp3) is 0.842. The molecule has 0 unspecified atom stereocenters. The predicted molar refractivity (Wildman–Crippen MR) is 101 cm³/mol. The molecule has 3 rings (SSSR count). The summed E-state index contributed by atoms with van der Waals surface area (Å²) in [5.41, 5.74) is 2.64. The maximum atomic E-state index is 6.01. The van der Waals surface area contributed by atoms with E-state index >= 15 is 0 Å². The summed E-state index contributed by atoms with van der Waals surface area (Å²) in [5.74, 6) is 0. The lowest BCUT2D eigenvalue weighted by Gasteiger charge is -2.40. The van der Waals surface area contributed by atoms with E-state index in [1.165, 1.54) is 11.3 Å².